The Morgan fingerprint density at radius 2 is 1.29 bits per heavy atom. The first kappa shape index (κ1) is 22.7. The van der Waals surface area contributed by atoms with Gasteiger partial charge in [0.05, 0.1) is 0 Å². The van der Waals surface area contributed by atoms with Crippen LogP contribution in [-0.2, 0) is 24.6 Å². The van der Waals surface area contributed by atoms with Crippen LogP contribution in [0.4, 0.5) is 0 Å². The minimum atomic E-state index is -0.159. The number of carbonyl (C=O) groups is 1. The van der Waals surface area contributed by atoms with E-state index < -0.39 is 0 Å². The first-order valence-corrected chi connectivity index (χ1v) is 10.9. The third kappa shape index (κ3) is 7.31. The third-order valence-corrected chi connectivity index (χ3v) is 4.95. The Morgan fingerprint density at radius 1 is 0.735 bits per heavy atom. The van der Waals surface area contributed by atoms with Gasteiger partial charge in [0.1, 0.15) is 24.7 Å². The zero-order valence-electron chi connectivity index (χ0n) is 18.6. The third-order valence-electron chi connectivity index (χ3n) is 4.95. The second-order valence-corrected chi connectivity index (χ2v) is 7.56. The van der Waals surface area contributed by atoms with Crippen LogP contribution in [0.5, 0.6) is 11.5 Å². The van der Waals surface area contributed by atoms with Crippen LogP contribution < -0.4 is 14.8 Å². The molecule has 0 aliphatic rings. The highest BCUT2D eigenvalue weighted by Crippen LogP contribution is 2.16. The number of nitrogens with one attached hydrogen (secondary N) is 1. The van der Waals surface area contributed by atoms with Crippen molar-refractivity contribution in [2.45, 2.75) is 19.8 Å². The molecule has 0 aliphatic carbocycles. The molecule has 2 heterocycles. The fourth-order valence-electron chi connectivity index (χ4n) is 3.10. The zero-order chi connectivity index (χ0) is 23.4. The van der Waals surface area contributed by atoms with E-state index in [9.17, 15) is 4.79 Å². The largest absolute Gasteiger partial charge is 0.489 e. The molecule has 1 amide bonds. The van der Waals surface area contributed by atoms with Crippen molar-refractivity contribution in [1.82, 2.24) is 15.3 Å². The normalized spacial score (nSPS) is 10.7. The lowest BCUT2D eigenvalue weighted by atomic mass is 10.2. The van der Waals surface area contributed by atoms with Gasteiger partial charge in [-0.25, -0.2) is 0 Å². The Bertz CT molecular complexity index is 1190. The molecule has 4 aromatic rings. The molecule has 0 unspecified atom stereocenters. The summed E-state index contributed by atoms with van der Waals surface area (Å²) >= 11 is 0. The van der Waals surface area contributed by atoms with Crippen molar-refractivity contribution in [3.63, 3.8) is 0 Å². The average Bonchev–Trinajstić information content (AvgIpc) is 2.91. The Morgan fingerprint density at radius 3 is 1.82 bits per heavy atom. The molecule has 0 atom stereocenters. The van der Waals surface area contributed by atoms with Crippen molar-refractivity contribution in [1.29, 1.82) is 0 Å². The minimum absolute atomic E-state index is 0.159. The Hall–Kier alpha value is -4.45. The lowest BCUT2D eigenvalue weighted by molar-refractivity contribution is -0.116. The average molecular weight is 452 g/mol. The Kier molecular flexibility index (Phi) is 8.00. The highest BCUT2D eigenvalue weighted by molar-refractivity contribution is 5.91. The number of amides is 1. The van der Waals surface area contributed by atoms with E-state index in [0.717, 1.165) is 33.8 Å². The van der Waals surface area contributed by atoms with Gasteiger partial charge < -0.3 is 14.8 Å². The van der Waals surface area contributed by atoms with Crippen LogP contribution in [0.2, 0.25) is 0 Å². The Labute approximate surface area is 198 Å². The van der Waals surface area contributed by atoms with Crippen molar-refractivity contribution >= 4 is 12.0 Å². The fourth-order valence-corrected chi connectivity index (χ4v) is 3.10. The molecule has 0 radical (unpaired) electrons. The van der Waals surface area contributed by atoms with Gasteiger partial charge in [0, 0.05) is 48.5 Å². The van der Waals surface area contributed by atoms with Crippen LogP contribution >= 0.6 is 0 Å². The maximum atomic E-state index is 12.2. The lowest BCUT2D eigenvalue weighted by Crippen LogP contribution is -2.20. The number of carbonyl (C=O) groups excluding carboxylic acids is 1. The standard InChI is InChI=1S/C28H25N3O3/c32-28(14-9-22-5-10-26(11-6-22)33-20-24-3-1-15-29-17-24)31-19-23-7-12-27(13-8-23)34-21-25-4-2-16-30-18-25/h1-18H,19-21H2,(H,31,32)/b14-9+. The van der Waals surface area contributed by atoms with Gasteiger partial charge in [0.25, 0.3) is 0 Å². The van der Waals surface area contributed by atoms with E-state index >= 15 is 0 Å². The quantitative estimate of drug-likeness (QED) is 0.345. The van der Waals surface area contributed by atoms with Crippen LogP contribution in [0.3, 0.4) is 0 Å². The summed E-state index contributed by atoms with van der Waals surface area (Å²) in [7, 11) is 0. The number of rotatable bonds is 10. The minimum Gasteiger partial charge on any atom is -0.489 e. The van der Waals surface area contributed by atoms with Crippen LogP contribution in [0, 0.1) is 0 Å². The topological polar surface area (TPSA) is 73.3 Å². The molecular weight excluding hydrogens is 426 g/mol. The van der Waals surface area contributed by atoms with Crippen LogP contribution in [0.15, 0.2) is 104 Å². The van der Waals surface area contributed by atoms with Crippen molar-refractivity contribution in [2.24, 2.45) is 0 Å². The van der Waals surface area contributed by atoms with Gasteiger partial charge in [-0.15, -0.1) is 0 Å². The molecule has 2 aromatic carbocycles. The van der Waals surface area contributed by atoms with Gasteiger partial charge in [-0.2, -0.15) is 0 Å². The summed E-state index contributed by atoms with van der Waals surface area (Å²) in [6.45, 7) is 1.36. The number of ether oxygens (including phenoxy) is 2. The fraction of sp³-hybridized carbons (Fsp3) is 0.107. The number of aromatic nitrogens is 2. The van der Waals surface area contributed by atoms with Crippen molar-refractivity contribution in [2.75, 3.05) is 0 Å². The number of nitrogens with zero attached hydrogens (tertiary/aromatic N) is 2. The zero-order valence-corrected chi connectivity index (χ0v) is 18.6. The van der Waals surface area contributed by atoms with E-state index in [1.165, 1.54) is 6.08 Å². The second-order valence-electron chi connectivity index (χ2n) is 7.56. The number of pyridine rings is 2. The van der Waals surface area contributed by atoms with Crippen LogP contribution in [-0.4, -0.2) is 15.9 Å². The first-order valence-electron chi connectivity index (χ1n) is 10.9. The molecule has 0 spiro atoms. The molecule has 6 nitrogen and oxygen atoms in total. The van der Waals surface area contributed by atoms with Crippen LogP contribution in [0.1, 0.15) is 22.3 Å². The summed E-state index contributed by atoms with van der Waals surface area (Å²) < 4.78 is 11.5. The monoisotopic (exact) mass is 451 g/mol. The highest BCUT2D eigenvalue weighted by atomic mass is 16.5. The van der Waals surface area contributed by atoms with Gasteiger partial charge >= 0.3 is 0 Å². The van der Waals surface area contributed by atoms with E-state index in [4.69, 9.17) is 9.47 Å². The highest BCUT2D eigenvalue weighted by Gasteiger charge is 2.01. The summed E-state index contributed by atoms with van der Waals surface area (Å²) in [5.74, 6) is 1.37. The molecule has 0 bridgehead atoms. The number of hydrogen-bond acceptors (Lipinski definition) is 5. The van der Waals surface area contributed by atoms with Gasteiger partial charge in [-0.05, 0) is 53.6 Å². The molecule has 170 valence electrons. The van der Waals surface area contributed by atoms with Gasteiger partial charge in [-0.1, -0.05) is 36.4 Å². The lowest BCUT2D eigenvalue weighted by Gasteiger charge is -2.07. The Balaban J connectivity index is 1.19. The predicted octanol–water partition coefficient (Wildman–Crippen LogP) is 4.96. The summed E-state index contributed by atoms with van der Waals surface area (Å²) in [6.07, 6.45) is 10.3. The van der Waals surface area contributed by atoms with E-state index in [1.807, 2.05) is 72.8 Å². The molecule has 4 rings (SSSR count). The van der Waals surface area contributed by atoms with Crippen LogP contribution in [0.25, 0.3) is 6.08 Å². The molecule has 1 N–H and O–H groups in total. The van der Waals surface area contributed by atoms with Gasteiger partial charge in [0.2, 0.25) is 5.91 Å². The predicted molar refractivity (Wildman–Crippen MR) is 131 cm³/mol. The summed E-state index contributed by atoms with van der Waals surface area (Å²) in [5, 5.41) is 2.89. The van der Waals surface area contributed by atoms with Crippen molar-refractivity contribution in [3.05, 3.63) is 126 Å². The molecule has 0 aliphatic heterocycles. The molecule has 34 heavy (non-hydrogen) atoms. The molecular formula is C28H25N3O3. The van der Waals surface area contributed by atoms with Gasteiger partial charge in [-0.3, -0.25) is 14.8 Å². The van der Waals surface area contributed by atoms with E-state index in [2.05, 4.69) is 15.3 Å². The molecule has 0 saturated heterocycles. The van der Waals surface area contributed by atoms with Gasteiger partial charge in [0.15, 0.2) is 0 Å². The van der Waals surface area contributed by atoms with E-state index in [0.29, 0.717) is 19.8 Å². The van der Waals surface area contributed by atoms with Crippen molar-refractivity contribution < 1.29 is 14.3 Å². The van der Waals surface area contributed by atoms with E-state index in [-0.39, 0.29) is 5.91 Å². The maximum Gasteiger partial charge on any atom is 0.244 e. The first-order chi connectivity index (χ1) is 16.7. The summed E-state index contributed by atoms with van der Waals surface area (Å²) in [6, 6.07) is 22.9. The summed E-state index contributed by atoms with van der Waals surface area (Å²) in [5.41, 5.74) is 3.93. The number of benzene rings is 2. The SMILES string of the molecule is O=C(/C=C/c1ccc(OCc2cccnc2)cc1)NCc1ccc(OCc2cccnc2)cc1. The second kappa shape index (κ2) is 12.0. The maximum absolute atomic E-state index is 12.2. The molecule has 0 fully saturated rings. The molecule has 0 saturated carbocycles. The van der Waals surface area contributed by atoms with E-state index in [1.54, 1.807) is 30.9 Å². The molecule has 6 heteroatoms. The summed E-state index contributed by atoms with van der Waals surface area (Å²) in [4.78, 5) is 20.3. The smallest absolute Gasteiger partial charge is 0.244 e. The number of hydrogen-bond donors (Lipinski definition) is 1. The van der Waals surface area contributed by atoms with Crippen molar-refractivity contribution in [3.8, 4) is 11.5 Å². The molecule has 2 aromatic heterocycles.